The second-order valence-electron chi connectivity index (χ2n) is 7.63. The zero-order valence-corrected chi connectivity index (χ0v) is 18.1. The minimum Gasteiger partial charge on any atom is -0.339 e. The minimum atomic E-state index is -0.1000. The maximum absolute atomic E-state index is 12.8. The standard InChI is InChI=1S/C23H26N4O2.ClH/c1-3-15(2)19-6-4-5-7-20(19)27-14-18(12-21(27)28)23-25-22(26-29-23)17-10-8-16(13-24)9-11-17;/h4-11,15,18H,3,12-14,24H2,1-2H3;1H. The second kappa shape index (κ2) is 9.41. The first kappa shape index (κ1) is 22.0. The van der Waals surface area contributed by atoms with Crippen LogP contribution in [-0.4, -0.2) is 22.6 Å². The molecule has 30 heavy (non-hydrogen) atoms. The molecule has 1 amide bonds. The van der Waals surface area contributed by atoms with Crippen molar-refractivity contribution < 1.29 is 9.32 Å². The number of hydrogen-bond donors (Lipinski definition) is 1. The Labute approximate surface area is 182 Å². The number of rotatable bonds is 6. The number of aromatic nitrogens is 2. The average Bonchev–Trinajstić information content (AvgIpc) is 3.40. The number of nitrogens with two attached hydrogens (primary N) is 1. The predicted molar refractivity (Wildman–Crippen MR) is 120 cm³/mol. The Morgan fingerprint density at radius 3 is 2.63 bits per heavy atom. The van der Waals surface area contributed by atoms with E-state index in [0.717, 1.165) is 23.2 Å². The summed E-state index contributed by atoms with van der Waals surface area (Å²) in [5.41, 5.74) is 9.77. The summed E-state index contributed by atoms with van der Waals surface area (Å²) in [4.78, 5) is 19.2. The molecule has 2 heterocycles. The molecule has 1 saturated heterocycles. The molecule has 1 aliphatic rings. The molecule has 0 aliphatic carbocycles. The molecule has 6 nitrogen and oxygen atoms in total. The van der Waals surface area contributed by atoms with Crippen molar-refractivity contribution in [2.75, 3.05) is 11.4 Å². The highest BCUT2D eigenvalue weighted by atomic mass is 35.5. The first-order valence-corrected chi connectivity index (χ1v) is 10.1. The van der Waals surface area contributed by atoms with Crippen molar-refractivity contribution >= 4 is 24.0 Å². The van der Waals surface area contributed by atoms with E-state index in [1.165, 1.54) is 5.56 Å². The van der Waals surface area contributed by atoms with Crippen molar-refractivity contribution in [3.05, 3.63) is 65.5 Å². The van der Waals surface area contributed by atoms with Gasteiger partial charge in [-0.05, 0) is 29.5 Å². The van der Waals surface area contributed by atoms with Crippen LogP contribution in [0.25, 0.3) is 11.4 Å². The number of nitrogens with zero attached hydrogens (tertiary/aromatic N) is 3. The molecular weight excluding hydrogens is 400 g/mol. The Balaban J connectivity index is 0.00000256. The average molecular weight is 427 g/mol. The number of carbonyl (C=O) groups excluding carboxylic acids is 1. The molecule has 2 atom stereocenters. The maximum atomic E-state index is 12.8. The summed E-state index contributed by atoms with van der Waals surface area (Å²) >= 11 is 0. The molecule has 2 aromatic carbocycles. The van der Waals surface area contributed by atoms with Crippen molar-refractivity contribution in [2.45, 2.75) is 45.1 Å². The normalized spacial score (nSPS) is 17.1. The van der Waals surface area contributed by atoms with Crippen LogP contribution in [0.4, 0.5) is 5.69 Å². The van der Waals surface area contributed by atoms with Gasteiger partial charge >= 0.3 is 0 Å². The lowest BCUT2D eigenvalue weighted by atomic mass is 9.96. The molecule has 0 bridgehead atoms. The number of para-hydroxylation sites is 1. The van der Waals surface area contributed by atoms with Gasteiger partial charge in [-0.3, -0.25) is 4.79 Å². The van der Waals surface area contributed by atoms with E-state index < -0.39 is 0 Å². The van der Waals surface area contributed by atoms with Crippen LogP contribution >= 0.6 is 12.4 Å². The first-order valence-electron chi connectivity index (χ1n) is 10.1. The van der Waals surface area contributed by atoms with Crippen LogP contribution in [0.5, 0.6) is 0 Å². The molecule has 3 aromatic rings. The number of benzene rings is 2. The largest absolute Gasteiger partial charge is 0.339 e. The zero-order chi connectivity index (χ0) is 20.4. The number of halogens is 1. The summed E-state index contributed by atoms with van der Waals surface area (Å²) in [5.74, 6) is 1.44. The van der Waals surface area contributed by atoms with Crippen molar-refractivity contribution in [1.29, 1.82) is 0 Å². The summed E-state index contributed by atoms with van der Waals surface area (Å²) < 4.78 is 5.53. The molecule has 0 saturated carbocycles. The topological polar surface area (TPSA) is 85.2 Å². The van der Waals surface area contributed by atoms with Crippen LogP contribution < -0.4 is 10.6 Å². The van der Waals surface area contributed by atoms with Gasteiger partial charge in [0.1, 0.15) is 0 Å². The van der Waals surface area contributed by atoms with Crippen LogP contribution in [-0.2, 0) is 11.3 Å². The van der Waals surface area contributed by atoms with Gasteiger partial charge in [-0.1, -0.05) is 61.5 Å². The van der Waals surface area contributed by atoms with Crippen LogP contribution in [0.1, 0.15) is 55.5 Å². The smallest absolute Gasteiger partial charge is 0.232 e. The van der Waals surface area contributed by atoms with Gasteiger partial charge in [0.2, 0.25) is 17.6 Å². The van der Waals surface area contributed by atoms with E-state index in [-0.39, 0.29) is 24.2 Å². The highest BCUT2D eigenvalue weighted by Crippen LogP contribution is 2.36. The Morgan fingerprint density at radius 2 is 1.93 bits per heavy atom. The van der Waals surface area contributed by atoms with E-state index in [2.05, 4.69) is 30.1 Å². The van der Waals surface area contributed by atoms with Crippen LogP contribution in [0, 0.1) is 0 Å². The van der Waals surface area contributed by atoms with Gasteiger partial charge in [0, 0.05) is 30.8 Å². The van der Waals surface area contributed by atoms with Gasteiger partial charge in [-0.15, -0.1) is 12.4 Å². The van der Waals surface area contributed by atoms with Crippen molar-refractivity contribution in [3.63, 3.8) is 0 Å². The van der Waals surface area contributed by atoms with Gasteiger partial charge in [-0.2, -0.15) is 4.98 Å². The fourth-order valence-corrected chi connectivity index (χ4v) is 3.78. The second-order valence-corrected chi connectivity index (χ2v) is 7.63. The molecule has 0 spiro atoms. The first-order chi connectivity index (χ1) is 14.1. The third kappa shape index (κ3) is 4.25. The Morgan fingerprint density at radius 1 is 1.20 bits per heavy atom. The number of hydrogen-bond acceptors (Lipinski definition) is 5. The summed E-state index contributed by atoms with van der Waals surface area (Å²) in [6.45, 7) is 5.41. The molecule has 0 radical (unpaired) electrons. The number of amides is 1. The molecule has 7 heteroatoms. The van der Waals surface area contributed by atoms with E-state index in [0.29, 0.717) is 37.1 Å². The Hall–Kier alpha value is -2.70. The van der Waals surface area contributed by atoms with Gasteiger partial charge in [-0.25, -0.2) is 0 Å². The van der Waals surface area contributed by atoms with E-state index in [9.17, 15) is 4.79 Å². The number of carbonyl (C=O) groups is 1. The molecule has 2 unspecified atom stereocenters. The molecule has 1 aromatic heterocycles. The Kier molecular flexibility index (Phi) is 6.90. The third-order valence-electron chi connectivity index (χ3n) is 5.73. The van der Waals surface area contributed by atoms with E-state index in [1.807, 2.05) is 47.4 Å². The van der Waals surface area contributed by atoms with Crippen molar-refractivity contribution in [2.24, 2.45) is 5.73 Å². The van der Waals surface area contributed by atoms with Gasteiger partial charge in [0.05, 0.1) is 5.92 Å². The highest BCUT2D eigenvalue weighted by Gasteiger charge is 2.36. The summed E-state index contributed by atoms with van der Waals surface area (Å²) in [6.07, 6.45) is 1.40. The minimum absolute atomic E-state index is 0. The summed E-state index contributed by atoms with van der Waals surface area (Å²) in [7, 11) is 0. The van der Waals surface area contributed by atoms with E-state index in [1.54, 1.807) is 0 Å². The predicted octanol–water partition coefficient (Wildman–Crippen LogP) is 4.65. The quantitative estimate of drug-likeness (QED) is 0.620. The lowest BCUT2D eigenvalue weighted by Gasteiger charge is -2.22. The van der Waals surface area contributed by atoms with Gasteiger partial charge in [0.15, 0.2) is 0 Å². The zero-order valence-electron chi connectivity index (χ0n) is 17.2. The fourth-order valence-electron chi connectivity index (χ4n) is 3.78. The third-order valence-corrected chi connectivity index (χ3v) is 5.73. The van der Waals surface area contributed by atoms with Crippen molar-refractivity contribution in [3.8, 4) is 11.4 Å². The molecule has 4 rings (SSSR count). The van der Waals surface area contributed by atoms with E-state index >= 15 is 0 Å². The lowest BCUT2D eigenvalue weighted by molar-refractivity contribution is -0.117. The number of anilines is 1. The molecule has 158 valence electrons. The summed E-state index contributed by atoms with van der Waals surface area (Å²) in [5, 5.41) is 4.12. The van der Waals surface area contributed by atoms with Crippen LogP contribution in [0.15, 0.2) is 53.1 Å². The van der Waals surface area contributed by atoms with E-state index in [4.69, 9.17) is 10.3 Å². The fraction of sp³-hybridized carbons (Fsp3) is 0.348. The monoisotopic (exact) mass is 426 g/mol. The summed E-state index contributed by atoms with van der Waals surface area (Å²) in [6, 6.07) is 15.9. The van der Waals surface area contributed by atoms with Gasteiger partial charge in [0.25, 0.3) is 0 Å². The highest BCUT2D eigenvalue weighted by molar-refractivity contribution is 5.97. The van der Waals surface area contributed by atoms with Crippen molar-refractivity contribution in [1.82, 2.24) is 10.1 Å². The molecule has 1 aliphatic heterocycles. The van der Waals surface area contributed by atoms with Crippen LogP contribution in [0.3, 0.4) is 0 Å². The molecule has 2 N–H and O–H groups in total. The van der Waals surface area contributed by atoms with Crippen LogP contribution in [0.2, 0.25) is 0 Å². The SMILES string of the molecule is CCC(C)c1ccccc1N1CC(c2nc(-c3ccc(CN)cc3)no2)CC1=O.Cl. The Bertz CT molecular complexity index is 1000. The lowest BCUT2D eigenvalue weighted by Crippen LogP contribution is -2.25. The van der Waals surface area contributed by atoms with Gasteiger partial charge < -0.3 is 15.2 Å². The maximum Gasteiger partial charge on any atom is 0.232 e. The molecular formula is C23H27ClN4O2. The molecule has 1 fully saturated rings.